The van der Waals surface area contributed by atoms with Crippen LogP contribution in [0.4, 0.5) is 0 Å². The smallest absolute Gasteiger partial charge is 0.228 e. The molecule has 1 saturated carbocycles. The Balaban J connectivity index is 1.58. The lowest BCUT2D eigenvalue weighted by Crippen LogP contribution is -2.51. The van der Waals surface area contributed by atoms with Crippen LogP contribution in [-0.4, -0.2) is 52.5 Å². The average molecular weight is 385 g/mol. The minimum Gasteiger partial charge on any atom is -0.393 e. The van der Waals surface area contributed by atoms with E-state index in [2.05, 4.69) is 4.90 Å². The summed E-state index contributed by atoms with van der Waals surface area (Å²) in [4.78, 5) is 29.9. The summed E-state index contributed by atoms with van der Waals surface area (Å²) in [6.07, 6.45) is 6.86. The molecule has 2 amide bonds. The third-order valence-electron chi connectivity index (χ3n) is 7.18. The summed E-state index contributed by atoms with van der Waals surface area (Å²) >= 11 is 0. The zero-order valence-corrected chi connectivity index (χ0v) is 16.8. The maximum atomic E-state index is 13.7. The fraction of sp³-hybridized carbons (Fsp3) is 0.652. The van der Waals surface area contributed by atoms with Gasteiger partial charge >= 0.3 is 0 Å². The van der Waals surface area contributed by atoms with Crippen LogP contribution in [0.25, 0.3) is 0 Å². The van der Waals surface area contributed by atoms with Gasteiger partial charge in [0.15, 0.2) is 0 Å². The van der Waals surface area contributed by atoms with Gasteiger partial charge in [-0.05, 0) is 37.7 Å². The lowest BCUT2D eigenvalue weighted by Gasteiger charge is -2.43. The van der Waals surface area contributed by atoms with E-state index < -0.39 is 0 Å². The van der Waals surface area contributed by atoms with Crippen LogP contribution in [0.3, 0.4) is 0 Å². The standard InChI is InChI=1S/C23H32N2O3/c1-24-21(27)14-13-18(22(24)16-8-3-2-4-9-16)23(28)25-15-7-11-19(25)17-10-5-6-12-20(17)26/h2-4,8-9,17-20,22,26H,5-7,10-15H2,1H3. The molecule has 5 nitrogen and oxygen atoms in total. The molecule has 0 radical (unpaired) electrons. The number of rotatable bonds is 3. The second-order valence-electron chi connectivity index (χ2n) is 8.76. The van der Waals surface area contributed by atoms with Crippen LogP contribution in [0.1, 0.15) is 63.0 Å². The zero-order chi connectivity index (χ0) is 19.7. The Morgan fingerprint density at radius 2 is 1.79 bits per heavy atom. The van der Waals surface area contributed by atoms with Crippen molar-refractivity contribution in [2.24, 2.45) is 11.8 Å². The Hall–Kier alpha value is -1.88. The summed E-state index contributed by atoms with van der Waals surface area (Å²) in [5, 5.41) is 10.6. The predicted octanol–water partition coefficient (Wildman–Crippen LogP) is 3.14. The Bertz CT molecular complexity index is 707. The summed E-state index contributed by atoms with van der Waals surface area (Å²) in [7, 11) is 1.83. The molecule has 5 atom stereocenters. The van der Waals surface area contributed by atoms with Gasteiger partial charge < -0.3 is 14.9 Å². The van der Waals surface area contributed by atoms with Gasteiger partial charge in [-0.2, -0.15) is 0 Å². The number of hydrogen-bond acceptors (Lipinski definition) is 3. The Kier molecular flexibility index (Phi) is 5.72. The first kappa shape index (κ1) is 19.4. The summed E-state index contributed by atoms with van der Waals surface area (Å²) in [6, 6.07) is 9.90. The molecular formula is C23H32N2O3. The topological polar surface area (TPSA) is 60.9 Å². The van der Waals surface area contributed by atoms with E-state index in [1.54, 1.807) is 4.90 Å². The van der Waals surface area contributed by atoms with E-state index in [0.29, 0.717) is 12.8 Å². The van der Waals surface area contributed by atoms with Crippen molar-refractivity contribution in [1.82, 2.24) is 9.80 Å². The van der Waals surface area contributed by atoms with Gasteiger partial charge in [0.25, 0.3) is 0 Å². The number of aliphatic hydroxyl groups is 1. The maximum Gasteiger partial charge on any atom is 0.228 e. The number of aliphatic hydroxyl groups excluding tert-OH is 1. The van der Waals surface area contributed by atoms with Crippen molar-refractivity contribution in [2.45, 2.75) is 69.6 Å². The van der Waals surface area contributed by atoms with E-state index in [-0.39, 0.29) is 41.8 Å². The minimum absolute atomic E-state index is 0.110. The van der Waals surface area contributed by atoms with E-state index in [9.17, 15) is 14.7 Å². The number of benzene rings is 1. The van der Waals surface area contributed by atoms with Crippen LogP contribution in [-0.2, 0) is 9.59 Å². The average Bonchev–Trinajstić information content (AvgIpc) is 3.20. The zero-order valence-electron chi connectivity index (χ0n) is 16.8. The molecule has 1 N–H and O–H groups in total. The molecule has 2 aliphatic heterocycles. The molecule has 5 heteroatoms. The fourth-order valence-electron chi connectivity index (χ4n) is 5.72. The normalized spacial score (nSPS) is 33.9. The molecule has 28 heavy (non-hydrogen) atoms. The highest BCUT2D eigenvalue weighted by Crippen LogP contribution is 2.40. The fourth-order valence-corrected chi connectivity index (χ4v) is 5.72. The van der Waals surface area contributed by atoms with E-state index in [1.165, 1.54) is 0 Å². The first-order valence-corrected chi connectivity index (χ1v) is 10.9. The summed E-state index contributed by atoms with van der Waals surface area (Å²) in [6.45, 7) is 0.780. The molecule has 0 bridgehead atoms. The highest BCUT2D eigenvalue weighted by Gasteiger charge is 2.45. The SMILES string of the molecule is CN1C(=O)CCC(C(=O)N2CCCC2C2CCCCC2O)C1c1ccccc1. The molecule has 1 aromatic carbocycles. The van der Waals surface area contributed by atoms with Crippen LogP contribution in [0, 0.1) is 11.8 Å². The molecule has 4 rings (SSSR count). The molecule has 5 unspecified atom stereocenters. The summed E-state index contributed by atoms with van der Waals surface area (Å²) < 4.78 is 0. The first-order chi connectivity index (χ1) is 13.6. The van der Waals surface area contributed by atoms with Crippen molar-refractivity contribution in [3.8, 4) is 0 Å². The largest absolute Gasteiger partial charge is 0.393 e. The van der Waals surface area contributed by atoms with E-state index in [0.717, 1.165) is 50.6 Å². The van der Waals surface area contributed by atoms with Crippen LogP contribution >= 0.6 is 0 Å². The van der Waals surface area contributed by atoms with Crippen LogP contribution < -0.4 is 0 Å². The number of piperidine rings is 1. The van der Waals surface area contributed by atoms with Gasteiger partial charge in [-0.1, -0.05) is 43.2 Å². The predicted molar refractivity (Wildman–Crippen MR) is 107 cm³/mol. The first-order valence-electron chi connectivity index (χ1n) is 10.9. The monoisotopic (exact) mass is 384 g/mol. The molecule has 2 heterocycles. The van der Waals surface area contributed by atoms with Gasteiger partial charge in [0.2, 0.25) is 11.8 Å². The molecule has 3 aliphatic rings. The van der Waals surface area contributed by atoms with Gasteiger partial charge in [0.1, 0.15) is 0 Å². The maximum absolute atomic E-state index is 13.7. The Morgan fingerprint density at radius 3 is 2.54 bits per heavy atom. The second-order valence-corrected chi connectivity index (χ2v) is 8.76. The molecular weight excluding hydrogens is 352 g/mol. The summed E-state index contributed by atoms with van der Waals surface area (Å²) in [5.74, 6) is 0.289. The van der Waals surface area contributed by atoms with Crippen LogP contribution in [0.5, 0.6) is 0 Å². The number of hydrogen-bond donors (Lipinski definition) is 1. The van der Waals surface area contributed by atoms with Crippen molar-refractivity contribution in [2.75, 3.05) is 13.6 Å². The summed E-state index contributed by atoms with van der Waals surface area (Å²) in [5.41, 5.74) is 1.03. The Morgan fingerprint density at radius 1 is 1.04 bits per heavy atom. The van der Waals surface area contributed by atoms with Gasteiger partial charge in [-0.25, -0.2) is 0 Å². The third-order valence-corrected chi connectivity index (χ3v) is 7.18. The third kappa shape index (κ3) is 3.57. The van der Waals surface area contributed by atoms with Crippen molar-refractivity contribution >= 4 is 11.8 Å². The van der Waals surface area contributed by atoms with Gasteiger partial charge in [0, 0.05) is 32.0 Å². The minimum atomic E-state index is -0.285. The van der Waals surface area contributed by atoms with Crippen LogP contribution in [0.2, 0.25) is 0 Å². The molecule has 1 aliphatic carbocycles. The van der Waals surface area contributed by atoms with E-state index in [1.807, 2.05) is 37.4 Å². The number of amides is 2. The molecule has 0 aromatic heterocycles. The van der Waals surface area contributed by atoms with E-state index in [4.69, 9.17) is 0 Å². The number of carbonyl (C=O) groups is 2. The van der Waals surface area contributed by atoms with Crippen molar-refractivity contribution in [3.05, 3.63) is 35.9 Å². The molecule has 1 aromatic rings. The van der Waals surface area contributed by atoms with Crippen molar-refractivity contribution in [3.63, 3.8) is 0 Å². The van der Waals surface area contributed by atoms with Gasteiger partial charge in [-0.15, -0.1) is 0 Å². The van der Waals surface area contributed by atoms with Gasteiger partial charge in [-0.3, -0.25) is 9.59 Å². The highest BCUT2D eigenvalue weighted by molar-refractivity contribution is 5.85. The van der Waals surface area contributed by atoms with Gasteiger partial charge in [0.05, 0.1) is 18.1 Å². The molecule has 152 valence electrons. The van der Waals surface area contributed by atoms with Crippen molar-refractivity contribution < 1.29 is 14.7 Å². The van der Waals surface area contributed by atoms with Crippen molar-refractivity contribution in [1.29, 1.82) is 0 Å². The van der Waals surface area contributed by atoms with Crippen LogP contribution in [0.15, 0.2) is 30.3 Å². The molecule has 0 spiro atoms. The Labute approximate surface area is 167 Å². The second kappa shape index (κ2) is 8.24. The lowest BCUT2D eigenvalue weighted by molar-refractivity contribution is -0.148. The number of nitrogens with zero attached hydrogens (tertiary/aromatic N) is 2. The lowest BCUT2D eigenvalue weighted by atomic mass is 9.79. The number of carbonyl (C=O) groups excluding carboxylic acids is 2. The quantitative estimate of drug-likeness (QED) is 0.871. The molecule has 2 saturated heterocycles. The molecule has 3 fully saturated rings. The highest BCUT2D eigenvalue weighted by atomic mass is 16.3. The van der Waals surface area contributed by atoms with E-state index >= 15 is 0 Å². The number of likely N-dealkylation sites (tertiary alicyclic amines) is 2.